The number of nitrogens with two attached hydrogens (primary N) is 1. The van der Waals surface area contributed by atoms with Crippen LogP contribution in [0.1, 0.15) is 50.4 Å². The first-order chi connectivity index (χ1) is 13.7. The van der Waals surface area contributed by atoms with E-state index in [1.807, 2.05) is 20.8 Å². The summed E-state index contributed by atoms with van der Waals surface area (Å²) >= 11 is 9.59. The summed E-state index contributed by atoms with van der Waals surface area (Å²) in [4.78, 5) is 41.9. The van der Waals surface area contributed by atoms with E-state index in [4.69, 9.17) is 17.3 Å². The third-order valence-electron chi connectivity index (χ3n) is 4.55. The fourth-order valence-electron chi connectivity index (χ4n) is 2.89. The largest absolute Gasteiger partial charge is 0.383 e. The number of halogens is 2. The van der Waals surface area contributed by atoms with E-state index >= 15 is 0 Å². The smallest absolute Gasteiger partial charge is 0.330 e. The number of benzene rings is 1. The lowest BCUT2D eigenvalue weighted by atomic mass is 10.1. The van der Waals surface area contributed by atoms with Crippen LogP contribution >= 0.6 is 27.5 Å². The topological polar surface area (TPSA) is 101 Å². The third-order valence-corrected chi connectivity index (χ3v) is 5.38. The summed E-state index contributed by atoms with van der Waals surface area (Å²) in [6.45, 7) is 6.64. The van der Waals surface area contributed by atoms with Gasteiger partial charge in [0, 0.05) is 17.6 Å². The summed E-state index contributed by atoms with van der Waals surface area (Å²) in [5, 5.41) is 0.266. The normalized spacial score (nSPS) is 11.1. The number of amides is 1. The lowest BCUT2D eigenvalue weighted by Crippen LogP contribution is -2.42. The molecule has 158 valence electrons. The number of unbranched alkanes of at least 4 members (excludes halogenated alkanes) is 1. The summed E-state index contributed by atoms with van der Waals surface area (Å²) in [7, 11) is 0. The van der Waals surface area contributed by atoms with Gasteiger partial charge in [0.15, 0.2) is 5.69 Å². The number of hydrogen-bond donors (Lipinski definition) is 2. The van der Waals surface area contributed by atoms with Gasteiger partial charge in [-0.3, -0.25) is 19.1 Å². The molecule has 2 rings (SSSR count). The van der Waals surface area contributed by atoms with Gasteiger partial charge in [-0.1, -0.05) is 54.7 Å². The monoisotopic (exact) mass is 484 g/mol. The standard InChI is InChI=1S/C20H26BrClN4O3/c1-4-5-9-26-17(23)16(18(27)24-20(26)29)25(10-8-12(2)3)19(28)14-11-13(21)6-7-15(14)22/h6-7,11-12H,4-5,8-10,23H2,1-3H3,(H,24,27,29). The predicted molar refractivity (Wildman–Crippen MR) is 121 cm³/mol. The molecular formula is C20H26BrClN4O3. The molecule has 0 aliphatic heterocycles. The van der Waals surface area contributed by atoms with Crippen LogP contribution in [0.4, 0.5) is 11.5 Å². The van der Waals surface area contributed by atoms with Crippen molar-refractivity contribution in [3.63, 3.8) is 0 Å². The van der Waals surface area contributed by atoms with Crippen LogP contribution in [0, 0.1) is 5.92 Å². The van der Waals surface area contributed by atoms with E-state index < -0.39 is 17.2 Å². The van der Waals surface area contributed by atoms with Gasteiger partial charge in [-0.2, -0.15) is 0 Å². The SMILES string of the molecule is CCCCn1c(N)c(N(CCC(C)C)C(=O)c2cc(Br)ccc2Cl)c(=O)[nH]c1=O. The fraction of sp³-hybridized carbons (Fsp3) is 0.450. The fourth-order valence-corrected chi connectivity index (χ4v) is 3.44. The minimum atomic E-state index is -0.691. The first kappa shape index (κ1) is 23.2. The zero-order valence-corrected chi connectivity index (χ0v) is 19.1. The number of H-pyrrole nitrogens is 1. The van der Waals surface area contributed by atoms with E-state index in [-0.39, 0.29) is 34.6 Å². The lowest BCUT2D eigenvalue weighted by molar-refractivity contribution is 0.0985. The minimum absolute atomic E-state index is 0.0181. The molecule has 0 unspecified atom stereocenters. The zero-order valence-electron chi connectivity index (χ0n) is 16.8. The number of aromatic nitrogens is 2. The van der Waals surface area contributed by atoms with E-state index in [2.05, 4.69) is 20.9 Å². The van der Waals surface area contributed by atoms with Crippen molar-refractivity contribution in [2.75, 3.05) is 17.2 Å². The van der Waals surface area contributed by atoms with Gasteiger partial charge >= 0.3 is 5.69 Å². The number of anilines is 2. The second-order valence-corrected chi connectivity index (χ2v) is 8.58. The molecular weight excluding hydrogens is 460 g/mol. The molecule has 0 saturated heterocycles. The maximum Gasteiger partial charge on any atom is 0.330 e. The second kappa shape index (κ2) is 10.1. The van der Waals surface area contributed by atoms with E-state index in [0.717, 1.165) is 6.42 Å². The lowest BCUT2D eigenvalue weighted by Gasteiger charge is -2.25. The summed E-state index contributed by atoms with van der Waals surface area (Å²) in [5.74, 6) is -0.181. The third kappa shape index (κ3) is 5.51. The number of rotatable bonds is 8. The van der Waals surface area contributed by atoms with Crippen LogP contribution in [0.2, 0.25) is 5.02 Å². The van der Waals surface area contributed by atoms with Gasteiger partial charge in [-0.15, -0.1) is 0 Å². The molecule has 0 radical (unpaired) electrons. The second-order valence-electron chi connectivity index (χ2n) is 7.26. The molecule has 1 heterocycles. The van der Waals surface area contributed by atoms with Crippen molar-refractivity contribution in [2.45, 2.75) is 46.6 Å². The van der Waals surface area contributed by atoms with Crippen molar-refractivity contribution in [1.82, 2.24) is 9.55 Å². The molecule has 7 nitrogen and oxygen atoms in total. The minimum Gasteiger partial charge on any atom is -0.383 e. The van der Waals surface area contributed by atoms with Gasteiger partial charge < -0.3 is 10.6 Å². The summed E-state index contributed by atoms with van der Waals surface area (Å²) in [6.07, 6.45) is 2.21. The van der Waals surface area contributed by atoms with Crippen molar-refractivity contribution in [2.24, 2.45) is 5.92 Å². The van der Waals surface area contributed by atoms with Crippen molar-refractivity contribution >= 4 is 44.9 Å². The van der Waals surface area contributed by atoms with Crippen molar-refractivity contribution in [3.8, 4) is 0 Å². The predicted octanol–water partition coefficient (Wildman–Crippen LogP) is 4.03. The van der Waals surface area contributed by atoms with Gasteiger partial charge in [0.2, 0.25) is 0 Å². The van der Waals surface area contributed by atoms with Gasteiger partial charge in [-0.25, -0.2) is 4.79 Å². The number of nitrogen functional groups attached to an aromatic ring is 1. The van der Waals surface area contributed by atoms with Crippen molar-refractivity contribution < 1.29 is 4.79 Å². The Balaban J connectivity index is 2.64. The highest BCUT2D eigenvalue weighted by molar-refractivity contribution is 9.10. The molecule has 29 heavy (non-hydrogen) atoms. The molecule has 1 aromatic carbocycles. The molecule has 0 fully saturated rings. The summed E-state index contributed by atoms with van der Waals surface area (Å²) in [6, 6.07) is 4.93. The maximum atomic E-state index is 13.4. The van der Waals surface area contributed by atoms with Crippen LogP contribution < -0.4 is 21.9 Å². The van der Waals surface area contributed by atoms with E-state index in [1.165, 1.54) is 9.47 Å². The number of nitrogens with one attached hydrogen (secondary N) is 1. The maximum absolute atomic E-state index is 13.4. The molecule has 1 aromatic heterocycles. The Labute approximate surface area is 183 Å². The Hall–Kier alpha value is -2.06. The average Bonchev–Trinajstić information content (AvgIpc) is 2.65. The molecule has 3 N–H and O–H groups in total. The number of carbonyl (C=O) groups excluding carboxylic acids is 1. The molecule has 0 bridgehead atoms. The van der Waals surface area contributed by atoms with Crippen molar-refractivity contribution in [1.29, 1.82) is 0 Å². The van der Waals surface area contributed by atoms with Crippen molar-refractivity contribution in [3.05, 3.63) is 54.1 Å². The Morgan fingerprint density at radius 1 is 1.34 bits per heavy atom. The van der Waals surface area contributed by atoms with Crippen LogP contribution in [0.5, 0.6) is 0 Å². The van der Waals surface area contributed by atoms with Crippen LogP contribution in [0.25, 0.3) is 0 Å². The van der Waals surface area contributed by atoms with Crippen LogP contribution in [0.3, 0.4) is 0 Å². The summed E-state index contributed by atoms with van der Waals surface area (Å²) in [5.41, 5.74) is 5.17. The highest BCUT2D eigenvalue weighted by Gasteiger charge is 2.26. The van der Waals surface area contributed by atoms with E-state index in [9.17, 15) is 14.4 Å². The Bertz CT molecular complexity index is 1000. The molecule has 0 aliphatic rings. The molecule has 2 aromatic rings. The van der Waals surface area contributed by atoms with Gasteiger partial charge in [0.25, 0.3) is 11.5 Å². The molecule has 9 heteroatoms. The average molecular weight is 486 g/mol. The zero-order chi connectivity index (χ0) is 21.7. The Morgan fingerprint density at radius 2 is 2.03 bits per heavy atom. The molecule has 1 amide bonds. The van der Waals surface area contributed by atoms with Gasteiger partial charge in [0.1, 0.15) is 5.82 Å². The first-order valence-corrected chi connectivity index (χ1v) is 10.7. The number of carbonyl (C=O) groups is 1. The number of nitrogens with zero attached hydrogens (tertiary/aromatic N) is 2. The molecule has 0 saturated carbocycles. The van der Waals surface area contributed by atoms with Gasteiger partial charge in [0.05, 0.1) is 10.6 Å². The highest BCUT2D eigenvalue weighted by atomic mass is 79.9. The molecule has 0 aliphatic carbocycles. The van der Waals surface area contributed by atoms with E-state index in [0.29, 0.717) is 23.9 Å². The molecule has 0 spiro atoms. The molecule has 0 atom stereocenters. The van der Waals surface area contributed by atoms with E-state index in [1.54, 1.807) is 18.2 Å². The van der Waals surface area contributed by atoms with Crippen LogP contribution in [-0.4, -0.2) is 22.0 Å². The summed E-state index contributed by atoms with van der Waals surface area (Å²) < 4.78 is 1.99. The number of hydrogen-bond acceptors (Lipinski definition) is 4. The first-order valence-electron chi connectivity index (χ1n) is 9.56. The number of aromatic amines is 1. The Kier molecular flexibility index (Phi) is 8.10. The van der Waals surface area contributed by atoms with Crippen LogP contribution in [-0.2, 0) is 6.54 Å². The van der Waals surface area contributed by atoms with Gasteiger partial charge in [-0.05, 0) is 37.0 Å². The Morgan fingerprint density at radius 3 is 2.66 bits per heavy atom. The highest BCUT2D eigenvalue weighted by Crippen LogP contribution is 2.26. The quantitative estimate of drug-likeness (QED) is 0.589. The van der Waals surface area contributed by atoms with Crippen LogP contribution in [0.15, 0.2) is 32.3 Å².